The van der Waals surface area contributed by atoms with Crippen LogP contribution < -0.4 is 0 Å². The molecule has 0 aliphatic rings. The number of nitrogens with zero attached hydrogens (tertiary/aromatic N) is 5. The molecule has 1 N–H and O–H groups in total. The van der Waals surface area contributed by atoms with Gasteiger partial charge in [-0.05, 0) is 34.7 Å². The van der Waals surface area contributed by atoms with Crippen molar-refractivity contribution >= 4 is 0 Å². The summed E-state index contributed by atoms with van der Waals surface area (Å²) in [5.74, 6) is -0.934. The monoisotopic (exact) mass is 324 g/mol. The molecule has 2 heterocycles. The molecular formula is C16H10F2N6. The number of aromatic nitrogens is 6. The van der Waals surface area contributed by atoms with Crippen LogP contribution in [0, 0.1) is 11.6 Å². The minimum absolute atomic E-state index is 0.322. The minimum Gasteiger partial charge on any atom is -0.277 e. The van der Waals surface area contributed by atoms with Gasteiger partial charge in [0.2, 0.25) is 0 Å². The van der Waals surface area contributed by atoms with Crippen LogP contribution in [0.5, 0.6) is 0 Å². The quantitative estimate of drug-likeness (QED) is 0.629. The van der Waals surface area contributed by atoms with Crippen LogP contribution in [0.4, 0.5) is 8.78 Å². The van der Waals surface area contributed by atoms with E-state index in [0.29, 0.717) is 22.6 Å². The van der Waals surface area contributed by atoms with E-state index in [0.717, 1.165) is 11.8 Å². The van der Waals surface area contributed by atoms with Gasteiger partial charge in [0.25, 0.3) is 0 Å². The third-order valence-corrected chi connectivity index (χ3v) is 3.50. The molecule has 6 nitrogen and oxygen atoms in total. The summed E-state index contributed by atoms with van der Waals surface area (Å²) in [7, 11) is 0. The minimum atomic E-state index is -0.673. The molecule has 4 rings (SSSR count). The second kappa shape index (κ2) is 5.65. The van der Waals surface area contributed by atoms with Gasteiger partial charge in [0, 0.05) is 11.6 Å². The molecule has 0 atom stereocenters. The van der Waals surface area contributed by atoms with Gasteiger partial charge in [0.1, 0.15) is 11.6 Å². The van der Waals surface area contributed by atoms with Crippen LogP contribution >= 0.6 is 0 Å². The Bertz CT molecular complexity index is 972. The van der Waals surface area contributed by atoms with Crippen molar-refractivity contribution in [3.63, 3.8) is 0 Å². The predicted octanol–water partition coefficient (Wildman–Crippen LogP) is 3.00. The third kappa shape index (κ3) is 2.43. The Morgan fingerprint density at radius 3 is 2.46 bits per heavy atom. The third-order valence-electron chi connectivity index (χ3n) is 3.50. The largest absolute Gasteiger partial charge is 0.277 e. The first kappa shape index (κ1) is 14.2. The van der Waals surface area contributed by atoms with Gasteiger partial charge in [-0.25, -0.2) is 8.78 Å². The van der Waals surface area contributed by atoms with Crippen molar-refractivity contribution in [1.29, 1.82) is 0 Å². The summed E-state index contributed by atoms with van der Waals surface area (Å²) >= 11 is 0. The summed E-state index contributed by atoms with van der Waals surface area (Å²) in [4.78, 5) is 0. The average molecular weight is 324 g/mol. The average Bonchev–Trinajstić information content (AvgIpc) is 3.23. The van der Waals surface area contributed by atoms with Crippen LogP contribution in [0.1, 0.15) is 0 Å². The zero-order valence-corrected chi connectivity index (χ0v) is 12.2. The van der Waals surface area contributed by atoms with E-state index in [1.54, 1.807) is 0 Å². The van der Waals surface area contributed by atoms with Crippen LogP contribution in [-0.2, 0) is 0 Å². The fraction of sp³-hybridized carbons (Fsp3) is 0. The van der Waals surface area contributed by atoms with E-state index in [1.807, 2.05) is 30.3 Å². The molecule has 8 heteroatoms. The standard InChI is InChI=1S/C16H10F2N6/c17-11-6-10(7-12(18)8-11)15-14(9-19-20-15)16-21-22-23-24(16)13-4-2-1-3-5-13/h1-9H,(H,19,20). The SMILES string of the molecule is Fc1cc(F)cc(-c2[nH]ncc2-c2nnnn2-c2ccccc2)c1. The maximum atomic E-state index is 13.5. The van der Waals surface area contributed by atoms with Crippen molar-refractivity contribution in [2.75, 3.05) is 0 Å². The molecule has 0 bridgehead atoms. The number of H-pyrrole nitrogens is 1. The zero-order chi connectivity index (χ0) is 16.5. The number of hydrogen-bond acceptors (Lipinski definition) is 4. The molecule has 0 amide bonds. The van der Waals surface area contributed by atoms with E-state index >= 15 is 0 Å². The van der Waals surface area contributed by atoms with E-state index in [-0.39, 0.29) is 0 Å². The molecule has 24 heavy (non-hydrogen) atoms. The van der Waals surface area contributed by atoms with Crippen LogP contribution in [0.25, 0.3) is 28.3 Å². The maximum Gasteiger partial charge on any atom is 0.190 e. The van der Waals surface area contributed by atoms with Gasteiger partial charge in [0.05, 0.1) is 23.1 Å². The van der Waals surface area contributed by atoms with E-state index in [9.17, 15) is 8.78 Å². The van der Waals surface area contributed by atoms with E-state index in [2.05, 4.69) is 25.7 Å². The second-order valence-electron chi connectivity index (χ2n) is 5.07. The lowest BCUT2D eigenvalue weighted by atomic mass is 10.1. The number of benzene rings is 2. The topological polar surface area (TPSA) is 72.3 Å². The maximum absolute atomic E-state index is 13.5. The van der Waals surface area contributed by atoms with Gasteiger partial charge in [0.15, 0.2) is 5.82 Å². The predicted molar refractivity (Wildman–Crippen MR) is 82.1 cm³/mol. The summed E-state index contributed by atoms with van der Waals surface area (Å²) in [6.07, 6.45) is 1.52. The summed E-state index contributed by atoms with van der Waals surface area (Å²) in [6.45, 7) is 0. The summed E-state index contributed by atoms with van der Waals surface area (Å²) < 4.78 is 28.6. The van der Waals surface area contributed by atoms with Gasteiger partial charge < -0.3 is 0 Å². The number of tetrazole rings is 1. The number of nitrogens with one attached hydrogen (secondary N) is 1. The highest BCUT2D eigenvalue weighted by molar-refractivity contribution is 5.77. The number of rotatable bonds is 3. The zero-order valence-electron chi connectivity index (χ0n) is 12.2. The molecule has 0 unspecified atom stereocenters. The van der Waals surface area contributed by atoms with Crippen molar-refractivity contribution < 1.29 is 8.78 Å². The van der Waals surface area contributed by atoms with E-state index in [4.69, 9.17) is 0 Å². The molecule has 0 spiro atoms. The molecule has 0 radical (unpaired) electrons. The first-order chi connectivity index (χ1) is 11.7. The van der Waals surface area contributed by atoms with Gasteiger partial charge in [-0.2, -0.15) is 9.78 Å². The number of aromatic amines is 1. The van der Waals surface area contributed by atoms with Crippen LogP contribution in [0.3, 0.4) is 0 Å². The molecule has 118 valence electrons. The lowest BCUT2D eigenvalue weighted by Crippen LogP contribution is -1.99. The van der Waals surface area contributed by atoms with Gasteiger partial charge in [-0.1, -0.05) is 18.2 Å². The van der Waals surface area contributed by atoms with Gasteiger partial charge >= 0.3 is 0 Å². The highest BCUT2D eigenvalue weighted by Gasteiger charge is 2.18. The van der Waals surface area contributed by atoms with Crippen molar-refractivity contribution in [2.24, 2.45) is 0 Å². The highest BCUT2D eigenvalue weighted by atomic mass is 19.1. The van der Waals surface area contributed by atoms with Crippen LogP contribution in [0.2, 0.25) is 0 Å². The Hall–Kier alpha value is -3.42. The number of halogens is 2. The molecule has 2 aromatic heterocycles. The molecule has 4 aromatic rings. The van der Waals surface area contributed by atoms with Gasteiger partial charge in [-0.3, -0.25) is 5.10 Å². The Labute approximate surface area is 134 Å². The van der Waals surface area contributed by atoms with Crippen molar-refractivity contribution in [1.82, 2.24) is 30.4 Å². The Morgan fingerprint density at radius 2 is 1.71 bits per heavy atom. The highest BCUT2D eigenvalue weighted by Crippen LogP contribution is 2.30. The fourth-order valence-corrected chi connectivity index (χ4v) is 2.47. The molecule has 2 aromatic carbocycles. The fourth-order valence-electron chi connectivity index (χ4n) is 2.47. The van der Waals surface area contributed by atoms with Crippen molar-refractivity contribution in [3.8, 4) is 28.3 Å². The van der Waals surface area contributed by atoms with Crippen molar-refractivity contribution in [2.45, 2.75) is 0 Å². The molecule has 0 saturated carbocycles. The summed E-state index contributed by atoms with van der Waals surface area (Å²) in [5, 5.41) is 18.4. The van der Waals surface area contributed by atoms with Crippen LogP contribution in [0.15, 0.2) is 54.7 Å². The van der Waals surface area contributed by atoms with Gasteiger partial charge in [-0.15, -0.1) is 5.10 Å². The van der Waals surface area contributed by atoms with E-state index < -0.39 is 11.6 Å². The summed E-state index contributed by atoms with van der Waals surface area (Å²) in [6, 6.07) is 12.5. The Morgan fingerprint density at radius 1 is 0.958 bits per heavy atom. The van der Waals surface area contributed by atoms with Crippen molar-refractivity contribution in [3.05, 3.63) is 66.4 Å². The normalized spacial score (nSPS) is 10.9. The van der Waals surface area contributed by atoms with Crippen LogP contribution in [-0.4, -0.2) is 30.4 Å². The molecule has 0 aliphatic heterocycles. The number of para-hydroxylation sites is 1. The first-order valence-electron chi connectivity index (χ1n) is 7.06. The smallest absolute Gasteiger partial charge is 0.190 e. The lowest BCUT2D eigenvalue weighted by Gasteiger charge is -2.05. The molecule has 0 aliphatic carbocycles. The Balaban J connectivity index is 1.86. The number of hydrogen-bond donors (Lipinski definition) is 1. The van der Waals surface area contributed by atoms with E-state index in [1.165, 1.54) is 23.0 Å². The summed E-state index contributed by atoms with van der Waals surface area (Å²) in [5.41, 5.74) is 2.05. The second-order valence-corrected chi connectivity index (χ2v) is 5.07. The first-order valence-corrected chi connectivity index (χ1v) is 7.06. The Kier molecular flexibility index (Phi) is 3.34. The molecular weight excluding hydrogens is 314 g/mol. The molecule has 0 saturated heterocycles. The molecule has 0 fully saturated rings. The lowest BCUT2D eigenvalue weighted by molar-refractivity contribution is 0.584.